The molecule has 0 aliphatic carbocycles. The highest BCUT2D eigenvalue weighted by molar-refractivity contribution is 6.04. The number of carbonyl (C=O) groups is 1. The smallest absolute Gasteiger partial charge is 0.255 e. The molecule has 0 saturated heterocycles. The largest absolute Gasteiger partial charge is 0.481 e. The number of hydrogen-bond acceptors (Lipinski definition) is 4. The topological polar surface area (TPSA) is 63.2 Å². The van der Waals surface area contributed by atoms with Gasteiger partial charge in [-0.25, -0.2) is 4.98 Å². The van der Waals surface area contributed by atoms with Gasteiger partial charge in [-0.2, -0.15) is 0 Å². The number of aromatic nitrogens is 1. The average molecular weight is 285 g/mol. The molecule has 5 nitrogen and oxygen atoms in total. The number of hydrogen-bond donors (Lipinski definition) is 2. The molecule has 2 aromatic rings. The Labute approximate surface area is 124 Å². The number of methoxy groups -OCH3 is 1. The zero-order valence-electron chi connectivity index (χ0n) is 12.2. The SMILES string of the molecule is CCCNc1ccc(C(=O)Nc2ccc(OC)nc2)cc1. The lowest BCUT2D eigenvalue weighted by molar-refractivity contribution is 0.102. The van der Waals surface area contributed by atoms with Gasteiger partial charge in [-0.05, 0) is 36.8 Å². The van der Waals surface area contributed by atoms with Gasteiger partial charge in [-0.15, -0.1) is 0 Å². The van der Waals surface area contributed by atoms with E-state index in [0.29, 0.717) is 17.1 Å². The third-order valence-electron chi connectivity index (χ3n) is 2.93. The molecule has 21 heavy (non-hydrogen) atoms. The molecule has 0 unspecified atom stereocenters. The van der Waals surface area contributed by atoms with Gasteiger partial charge in [0.2, 0.25) is 5.88 Å². The second-order valence-corrected chi connectivity index (χ2v) is 4.55. The van der Waals surface area contributed by atoms with Gasteiger partial charge < -0.3 is 15.4 Å². The third kappa shape index (κ3) is 4.21. The summed E-state index contributed by atoms with van der Waals surface area (Å²) in [6.45, 7) is 3.03. The average Bonchev–Trinajstić information content (AvgIpc) is 2.54. The molecule has 0 bridgehead atoms. The molecule has 1 heterocycles. The number of carbonyl (C=O) groups excluding carboxylic acids is 1. The van der Waals surface area contributed by atoms with Crippen LogP contribution in [0.25, 0.3) is 0 Å². The Hall–Kier alpha value is -2.56. The number of amides is 1. The number of rotatable bonds is 6. The number of ether oxygens (including phenoxy) is 1. The Balaban J connectivity index is 1.98. The Bertz CT molecular complexity index is 579. The molecule has 1 aromatic heterocycles. The molecule has 0 atom stereocenters. The van der Waals surface area contributed by atoms with Crippen LogP contribution in [0.3, 0.4) is 0 Å². The summed E-state index contributed by atoms with van der Waals surface area (Å²) in [4.78, 5) is 16.1. The maximum Gasteiger partial charge on any atom is 0.255 e. The van der Waals surface area contributed by atoms with Gasteiger partial charge >= 0.3 is 0 Å². The van der Waals surface area contributed by atoms with E-state index in [2.05, 4.69) is 22.5 Å². The summed E-state index contributed by atoms with van der Waals surface area (Å²) in [5.41, 5.74) is 2.25. The fourth-order valence-electron chi connectivity index (χ4n) is 1.79. The Morgan fingerprint density at radius 3 is 2.43 bits per heavy atom. The Morgan fingerprint density at radius 1 is 1.14 bits per heavy atom. The van der Waals surface area contributed by atoms with E-state index >= 15 is 0 Å². The van der Waals surface area contributed by atoms with Crippen molar-refractivity contribution < 1.29 is 9.53 Å². The molecule has 0 radical (unpaired) electrons. The van der Waals surface area contributed by atoms with Crippen molar-refractivity contribution in [3.8, 4) is 5.88 Å². The number of pyridine rings is 1. The predicted molar refractivity (Wildman–Crippen MR) is 84.0 cm³/mol. The van der Waals surface area contributed by atoms with Gasteiger partial charge in [0.15, 0.2) is 0 Å². The maximum atomic E-state index is 12.1. The van der Waals surface area contributed by atoms with Crippen LogP contribution in [0.1, 0.15) is 23.7 Å². The molecule has 5 heteroatoms. The van der Waals surface area contributed by atoms with Gasteiger partial charge in [0, 0.05) is 23.9 Å². The summed E-state index contributed by atoms with van der Waals surface area (Å²) in [6, 6.07) is 10.8. The van der Waals surface area contributed by atoms with Crippen molar-refractivity contribution in [2.45, 2.75) is 13.3 Å². The normalized spacial score (nSPS) is 10.0. The molecule has 0 aliphatic heterocycles. The van der Waals surface area contributed by atoms with Crippen molar-refractivity contribution in [3.63, 3.8) is 0 Å². The van der Waals surface area contributed by atoms with E-state index in [0.717, 1.165) is 18.7 Å². The Morgan fingerprint density at radius 2 is 1.86 bits per heavy atom. The van der Waals surface area contributed by atoms with Crippen LogP contribution in [0.2, 0.25) is 0 Å². The molecular formula is C16H19N3O2. The van der Waals surface area contributed by atoms with Crippen LogP contribution < -0.4 is 15.4 Å². The molecule has 2 rings (SSSR count). The van der Waals surface area contributed by atoms with Crippen LogP contribution in [0.5, 0.6) is 5.88 Å². The quantitative estimate of drug-likeness (QED) is 0.855. The summed E-state index contributed by atoms with van der Waals surface area (Å²) >= 11 is 0. The van der Waals surface area contributed by atoms with E-state index in [-0.39, 0.29) is 5.91 Å². The van der Waals surface area contributed by atoms with E-state index in [1.165, 1.54) is 0 Å². The number of anilines is 2. The van der Waals surface area contributed by atoms with Crippen molar-refractivity contribution in [2.24, 2.45) is 0 Å². The summed E-state index contributed by atoms with van der Waals surface area (Å²) in [5, 5.41) is 6.06. The minimum atomic E-state index is -0.163. The second-order valence-electron chi connectivity index (χ2n) is 4.55. The van der Waals surface area contributed by atoms with Crippen molar-refractivity contribution in [2.75, 3.05) is 24.3 Å². The van der Waals surface area contributed by atoms with Crippen LogP contribution in [0, 0.1) is 0 Å². The monoisotopic (exact) mass is 285 g/mol. The molecular weight excluding hydrogens is 266 g/mol. The van der Waals surface area contributed by atoms with E-state index < -0.39 is 0 Å². The predicted octanol–water partition coefficient (Wildman–Crippen LogP) is 3.16. The molecule has 1 amide bonds. The minimum absolute atomic E-state index is 0.163. The van der Waals surface area contributed by atoms with E-state index in [4.69, 9.17) is 4.74 Å². The van der Waals surface area contributed by atoms with E-state index in [9.17, 15) is 4.79 Å². The summed E-state index contributed by atoms with van der Waals surface area (Å²) < 4.78 is 4.97. The summed E-state index contributed by atoms with van der Waals surface area (Å²) in [5.74, 6) is 0.350. The molecule has 0 aliphatic rings. The lowest BCUT2D eigenvalue weighted by atomic mass is 10.2. The van der Waals surface area contributed by atoms with Crippen molar-refractivity contribution in [3.05, 3.63) is 48.2 Å². The molecule has 1 aromatic carbocycles. The molecule has 2 N–H and O–H groups in total. The minimum Gasteiger partial charge on any atom is -0.481 e. The van der Waals surface area contributed by atoms with Crippen molar-refractivity contribution >= 4 is 17.3 Å². The first-order valence-corrected chi connectivity index (χ1v) is 6.88. The number of nitrogens with zero attached hydrogens (tertiary/aromatic N) is 1. The number of benzene rings is 1. The van der Waals surface area contributed by atoms with Crippen molar-refractivity contribution in [1.29, 1.82) is 0 Å². The van der Waals surface area contributed by atoms with Crippen LogP contribution in [-0.4, -0.2) is 24.5 Å². The molecule has 110 valence electrons. The highest BCUT2D eigenvalue weighted by atomic mass is 16.5. The van der Waals surface area contributed by atoms with Crippen LogP contribution in [0.15, 0.2) is 42.6 Å². The van der Waals surface area contributed by atoms with Gasteiger partial charge in [-0.3, -0.25) is 4.79 Å². The first-order chi connectivity index (χ1) is 10.2. The fourth-order valence-corrected chi connectivity index (χ4v) is 1.79. The zero-order valence-corrected chi connectivity index (χ0v) is 12.2. The van der Waals surface area contributed by atoms with Gasteiger partial charge in [0.05, 0.1) is 19.0 Å². The Kier molecular flexibility index (Phi) is 5.15. The zero-order chi connectivity index (χ0) is 15.1. The first kappa shape index (κ1) is 14.8. The van der Waals surface area contributed by atoms with Crippen LogP contribution in [-0.2, 0) is 0 Å². The highest BCUT2D eigenvalue weighted by Gasteiger charge is 2.06. The van der Waals surface area contributed by atoms with Gasteiger partial charge in [-0.1, -0.05) is 6.92 Å². The summed E-state index contributed by atoms with van der Waals surface area (Å²) in [6.07, 6.45) is 2.63. The second kappa shape index (κ2) is 7.28. The van der Waals surface area contributed by atoms with Crippen molar-refractivity contribution in [1.82, 2.24) is 4.98 Å². The number of nitrogens with one attached hydrogen (secondary N) is 2. The standard InChI is InChI=1S/C16H19N3O2/c1-3-10-17-13-6-4-12(5-7-13)16(20)19-14-8-9-15(21-2)18-11-14/h4-9,11,17H,3,10H2,1-2H3,(H,19,20). The summed E-state index contributed by atoms with van der Waals surface area (Å²) in [7, 11) is 1.55. The maximum absolute atomic E-state index is 12.1. The fraction of sp³-hybridized carbons (Fsp3) is 0.250. The van der Waals surface area contributed by atoms with Crippen LogP contribution in [0.4, 0.5) is 11.4 Å². The molecule has 0 fully saturated rings. The van der Waals surface area contributed by atoms with Gasteiger partial charge in [0.25, 0.3) is 5.91 Å². The highest BCUT2D eigenvalue weighted by Crippen LogP contribution is 2.14. The lowest BCUT2D eigenvalue weighted by Crippen LogP contribution is -2.12. The van der Waals surface area contributed by atoms with Crippen LogP contribution >= 0.6 is 0 Å². The molecule has 0 spiro atoms. The lowest BCUT2D eigenvalue weighted by Gasteiger charge is -2.07. The first-order valence-electron chi connectivity index (χ1n) is 6.88. The van der Waals surface area contributed by atoms with E-state index in [1.807, 2.05) is 12.1 Å². The van der Waals surface area contributed by atoms with Gasteiger partial charge in [0.1, 0.15) is 0 Å². The molecule has 0 saturated carbocycles. The van der Waals surface area contributed by atoms with E-state index in [1.54, 1.807) is 37.6 Å². The third-order valence-corrected chi connectivity index (χ3v) is 2.93.